The van der Waals surface area contributed by atoms with Crippen molar-refractivity contribution in [3.05, 3.63) is 72.6 Å². The number of hydrogen-bond acceptors (Lipinski definition) is 9. The van der Waals surface area contributed by atoms with Crippen LogP contribution in [0, 0.1) is 0 Å². The zero-order valence-corrected chi connectivity index (χ0v) is 19.4. The van der Waals surface area contributed by atoms with Gasteiger partial charge in [-0.15, -0.1) is 0 Å². The summed E-state index contributed by atoms with van der Waals surface area (Å²) in [5.74, 6) is 1.84. The summed E-state index contributed by atoms with van der Waals surface area (Å²) < 4.78 is 17.0. The fourth-order valence-corrected chi connectivity index (χ4v) is 4.33. The Morgan fingerprint density at radius 2 is 2.06 bits per heavy atom. The third kappa shape index (κ3) is 4.90. The third-order valence-electron chi connectivity index (χ3n) is 5.31. The average molecular weight is 478 g/mol. The second-order valence-electron chi connectivity index (χ2n) is 7.80. The van der Waals surface area contributed by atoms with Crippen LogP contribution in [0.2, 0.25) is 0 Å². The molecule has 0 saturated carbocycles. The molecule has 0 unspecified atom stereocenters. The molecule has 1 aromatic carbocycles. The molecule has 1 aliphatic heterocycles. The number of ether oxygens (including phenoxy) is 2. The fourth-order valence-electron chi connectivity index (χ4n) is 3.64. The van der Waals surface area contributed by atoms with E-state index < -0.39 is 0 Å². The highest BCUT2D eigenvalue weighted by Crippen LogP contribution is 2.32. The predicted octanol–water partition coefficient (Wildman–Crippen LogP) is 3.02. The van der Waals surface area contributed by atoms with Crippen molar-refractivity contribution in [2.45, 2.75) is 13.0 Å². The van der Waals surface area contributed by atoms with Crippen molar-refractivity contribution in [2.75, 3.05) is 31.8 Å². The van der Waals surface area contributed by atoms with Crippen molar-refractivity contribution in [2.24, 2.45) is 0 Å². The smallest absolute Gasteiger partial charge is 0.278 e. The highest BCUT2D eigenvalue weighted by molar-refractivity contribution is 7.10. The molecule has 0 spiro atoms. The Morgan fingerprint density at radius 1 is 1.15 bits per heavy atom. The molecule has 0 atom stereocenters. The third-order valence-corrected chi connectivity index (χ3v) is 6.04. The van der Waals surface area contributed by atoms with Crippen LogP contribution in [0.3, 0.4) is 0 Å². The van der Waals surface area contributed by atoms with Gasteiger partial charge in [0.1, 0.15) is 12.0 Å². The largest absolute Gasteiger partial charge is 0.454 e. The van der Waals surface area contributed by atoms with E-state index in [1.54, 1.807) is 52.6 Å². The Bertz CT molecular complexity index is 1250. The minimum Gasteiger partial charge on any atom is -0.454 e. The zero-order valence-electron chi connectivity index (χ0n) is 18.6. The second-order valence-corrected chi connectivity index (χ2v) is 8.53. The van der Waals surface area contributed by atoms with Crippen LogP contribution in [0.1, 0.15) is 22.5 Å². The van der Waals surface area contributed by atoms with E-state index >= 15 is 0 Å². The van der Waals surface area contributed by atoms with Crippen LogP contribution >= 0.6 is 11.5 Å². The number of rotatable bonds is 9. The highest BCUT2D eigenvalue weighted by Gasteiger charge is 2.23. The van der Waals surface area contributed by atoms with Crippen LogP contribution in [-0.4, -0.2) is 61.6 Å². The molecule has 0 N–H and O–H groups in total. The molecular formula is C23H23N7O3S. The average Bonchev–Trinajstić information content (AvgIpc) is 3.63. The van der Waals surface area contributed by atoms with Gasteiger partial charge in [0.2, 0.25) is 17.9 Å². The molecule has 1 amide bonds. The standard InChI is InChI=1S/C23H23N7O3S/c1-28(14-17-6-7-19-20(13-17)33-16-32-19)10-4-11-30(21(31)18-5-2-3-8-25-18)23-26-22(27-34-23)29-12-9-24-15-29/h2-3,5-9,12-13,15H,4,10-11,14,16H2,1H3. The second kappa shape index (κ2) is 9.98. The number of imidazole rings is 1. The van der Waals surface area contributed by atoms with Crippen LogP contribution in [0.5, 0.6) is 11.5 Å². The lowest BCUT2D eigenvalue weighted by molar-refractivity contribution is 0.0981. The first kappa shape index (κ1) is 22.0. The molecule has 5 rings (SSSR count). The van der Waals surface area contributed by atoms with E-state index in [0.717, 1.165) is 36.6 Å². The van der Waals surface area contributed by atoms with Crippen LogP contribution in [0.15, 0.2) is 61.3 Å². The molecule has 174 valence electrons. The van der Waals surface area contributed by atoms with Gasteiger partial charge in [-0.05, 0) is 49.8 Å². The molecule has 0 aliphatic carbocycles. The van der Waals surface area contributed by atoms with Gasteiger partial charge in [-0.25, -0.2) is 4.98 Å². The Labute approximate surface area is 200 Å². The topological polar surface area (TPSA) is 98.5 Å². The molecule has 0 radical (unpaired) electrons. The van der Waals surface area contributed by atoms with Gasteiger partial charge in [-0.1, -0.05) is 12.1 Å². The number of aromatic nitrogens is 5. The minimum atomic E-state index is -0.202. The number of carbonyl (C=O) groups is 1. The summed E-state index contributed by atoms with van der Waals surface area (Å²) in [7, 11) is 2.05. The molecule has 4 heterocycles. The number of amides is 1. The van der Waals surface area contributed by atoms with Crippen molar-refractivity contribution >= 4 is 22.6 Å². The van der Waals surface area contributed by atoms with Gasteiger partial charge in [0.05, 0.1) is 0 Å². The summed E-state index contributed by atoms with van der Waals surface area (Å²) in [5.41, 5.74) is 1.51. The summed E-state index contributed by atoms with van der Waals surface area (Å²) in [4.78, 5) is 29.9. The maximum atomic E-state index is 13.3. The molecule has 0 bridgehead atoms. The van der Waals surface area contributed by atoms with E-state index in [1.807, 2.05) is 18.2 Å². The summed E-state index contributed by atoms with van der Waals surface area (Å²) in [6.45, 7) is 2.30. The van der Waals surface area contributed by atoms with E-state index in [1.165, 1.54) is 11.5 Å². The highest BCUT2D eigenvalue weighted by atomic mass is 32.1. The van der Waals surface area contributed by atoms with E-state index in [2.05, 4.69) is 31.3 Å². The summed E-state index contributed by atoms with van der Waals surface area (Å²) in [6.07, 6.45) is 7.42. The molecule has 3 aromatic heterocycles. The van der Waals surface area contributed by atoms with E-state index in [9.17, 15) is 4.79 Å². The lowest BCUT2D eigenvalue weighted by Gasteiger charge is -2.22. The normalized spacial score (nSPS) is 12.3. The van der Waals surface area contributed by atoms with Crippen LogP contribution in [0.25, 0.3) is 5.95 Å². The molecule has 34 heavy (non-hydrogen) atoms. The molecule has 0 fully saturated rings. The van der Waals surface area contributed by atoms with Gasteiger partial charge in [0, 0.05) is 43.2 Å². The molecule has 1 aliphatic rings. The lowest BCUT2D eigenvalue weighted by Crippen LogP contribution is -2.34. The van der Waals surface area contributed by atoms with Gasteiger partial charge in [0.25, 0.3) is 5.91 Å². The Morgan fingerprint density at radius 3 is 2.88 bits per heavy atom. The van der Waals surface area contributed by atoms with E-state index in [-0.39, 0.29) is 12.7 Å². The van der Waals surface area contributed by atoms with Crippen molar-refractivity contribution < 1.29 is 14.3 Å². The van der Waals surface area contributed by atoms with Crippen LogP contribution < -0.4 is 14.4 Å². The maximum absolute atomic E-state index is 13.3. The van der Waals surface area contributed by atoms with Gasteiger partial charge < -0.3 is 14.4 Å². The van der Waals surface area contributed by atoms with E-state index in [4.69, 9.17) is 9.47 Å². The number of benzene rings is 1. The molecule has 0 saturated heterocycles. The van der Waals surface area contributed by atoms with Crippen molar-refractivity contribution in [3.8, 4) is 17.4 Å². The number of hydrogen-bond donors (Lipinski definition) is 0. The van der Waals surface area contributed by atoms with Crippen molar-refractivity contribution in [1.29, 1.82) is 0 Å². The fraction of sp³-hybridized carbons (Fsp3) is 0.261. The minimum absolute atomic E-state index is 0.202. The quantitative estimate of drug-likeness (QED) is 0.363. The SMILES string of the molecule is CN(CCCN(C(=O)c1ccccn1)c1nc(-n2ccnc2)ns1)Cc1ccc2c(c1)OCO2. The predicted molar refractivity (Wildman–Crippen MR) is 126 cm³/mol. The summed E-state index contributed by atoms with van der Waals surface area (Å²) >= 11 is 1.18. The lowest BCUT2D eigenvalue weighted by atomic mass is 10.2. The summed E-state index contributed by atoms with van der Waals surface area (Å²) in [5, 5.41) is 0.526. The van der Waals surface area contributed by atoms with Crippen molar-refractivity contribution in [3.63, 3.8) is 0 Å². The summed E-state index contributed by atoms with van der Waals surface area (Å²) in [6, 6.07) is 11.3. The molecule has 10 nitrogen and oxygen atoms in total. The van der Waals surface area contributed by atoms with Crippen molar-refractivity contribution in [1.82, 2.24) is 28.8 Å². The van der Waals surface area contributed by atoms with Gasteiger partial charge in [-0.3, -0.25) is 19.2 Å². The molecule has 4 aromatic rings. The molecular weight excluding hydrogens is 454 g/mol. The Hall–Kier alpha value is -3.83. The van der Waals surface area contributed by atoms with Gasteiger partial charge >= 0.3 is 0 Å². The number of carbonyl (C=O) groups excluding carboxylic acids is 1. The first-order valence-electron chi connectivity index (χ1n) is 10.8. The first-order chi connectivity index (χ1) is 16.7. The maximum Gasteiger partial charge on any atom is 0.278 e. The number of fused-ring (bicyclic) bond motifs is 1. The number of nitrogens with zero attached hydrogens (tertiary/aromatic N) is 7. The monoisotopic (exact) mass is 477 g/mol. The number of pyridine rings is 1. The first-order valence-corrected chi connectivity index (χ1v) is 11.6. The Balaban J connectivity index is 1.25. The van der Waals surface area contributed by atoms with E-state index in [0.29, 0.717) is 23.3 Å². The van der Waals surface area contributed by atoms with Gasteiger partial charge in [-0.2, -0.15) is 9.36 Å². The van der Waals surface area contributed by atoms with Gasteiger partial charge in [0.15, 0.2) is 11.5 Å². The Kier molecular flexibility index (Phi) is 6.45. The zero-order chi connectivity index (χ0) is 23.3. The van der Waals surface area contributed by atoms with Crippen LogP contribution in [-0.2, 0) is 6.54 Å². The van der Waals surface area contributed by atoms with Crippen LogP contribution in [0.4, 0.5) is 5.13 Å². The molecule has 11 heteroatoms. The number of anilines is 1.